The summed E-state index contributed by atoms with van der Waals surface area (Å²) < 4.78 is 7.30. The van der Waals surface area contributed by atoms with E-state index >= 15 is 0 Å². The Hall–Kier alpha value is -0.880. The number of halogens is 1. The van der Waals surface area contributed by atoms with Crippen LogP contribution in [-0.4, -0.2) is 55.3 Å². The second kappa shape index (κ2) is 5.64. The van der Waals surface area contributed by atoms with Crippen LogP contribution < -0.4 is 4.90 Å². The van der Waals surface area contributed by atoms with Gasteiger partial charge in [-0.3, -0.25) is 0 Å². The van der Waals surface area contributed by atoms with Crippen LogP contribution in [0.5, 0.6) is 0 Å². The van der Waals surface area contributed by atoms with Crippen LogP contribution in [-0.2, 0) is 4.74 Å². The Kier molecular flexibility index (Phi) is 3.77. The molecule has 0 saturated carbocycles. The van der Waals surface area contributed by atoms with Crippen molar-refractivity contribution in [1.29, 1.82) is 0 Å². The van der Waals surface area contributed by atoms with Crippen LogP contribution in [0, 0.1) is 0 Å². The molecule has 0 aliphatic carbocycles. The molecule has 0 amide bonds. The maximum atomic E-state index is 6.13. The highest BCUT2D eigenvalue weighted by molar-refractivity contribution is 7.22. The first-order valence-electron chi connectivity index (χ1n) is 7.77. The first kappa shape index (κ1) is 14.7. The molecule has 1 aromatic heterocycles. The number of ether oxygens (including phenoxy) is 1. The van der Waals surface area contributed by atoms with Gasteiger partial charge in [-0.05, 0) is 38.1 Å². The number of hydrogen-bond donors (Lipinski definition) is 0. The van der Waals surface area contributed by atoms with E-state index in [-0.39, 0.29) is 5.60 Å². The summed E-state index contributed by atoms with van der Waals surface area (Å²) in [5, 5.41) is 1.88. The topological polar surface area (TPSA) is 28.6 Å². The average Bonchev–Trinajstić information content (AvgIpc) is 2.90. The lowest BCUT2D eigenvalue weighted by atomic mass is 9.90. The molecule has 0 radical (unpaired) electrons. The predicted molar refractivity (Wildman–Crippen MR) is 92.3 cm³/mol. The van der Waals surface area contributed by atoms with E-state index < -0.39 is 0 Å². The number of piperidine rings is 1. The molecule has 0 atom stereocenters. The van der Waals surface area contributed by atoms with Gasteiger partial charge in [-0.1, -0.05) is 22.9 Å². The minimum absolute atomic E-state index is 0.0590. The third-order valence-electron chi connectivity index (χ3n) is 4.72. The minimum Gasteiger partial charge on any atom is -0.372 e. The van der Waals surface area contributed by atoms with Crippen molar-refractivity contribution < 1.29 is 4.74 Å². The Bertz CT molecular complexity index is 681. The summed E-state index contributed by atoms with van der Waals surface area (Å²) in [6.07, 6.45) is 2.15. The molecule has 4 nitrogen and oxygen atoms in total. The fraction of sp³-hybridized carbons (Fsp3) is 0.562. The van der Waals surface area contributed by atoms with Crippen molar-refractivity contribution in [3.63, 3.8) is 0 Å². The first-order chi connectivity index (χ1) is 10.6. The van der Waals surface area contributed by atoms with Gasteiger partial charge in [-0.15, -0.1) is 0 Å². The average molecular weight is 338 g/mol. The number of rotatable bonds is 1. The third-order valence-corrected chi connectivity index (χ3v) is 6.04. The predicted octanol–water partition coefficient (Wildman–Crippen LogP) is 3.25. The number of benzene rings is 1. The number of fused-ring (bicyclic) bond motifs is 1. The molecule has 2 aliphatic heterocycles. The second-order valence-corrected chi connectivity index (χ2v) is 7.81. The SMILES string of the molecule is CN1CCOC2(CCN(c3nc4ccc(Cl)cc4s3)CC2)C1. The monoisotopic (exact) mass is 337 g/mol. The summed E-state index contributed by atoms with van der Waals surface area (Å²) in [4.78, 5) is 9.54. The second-order valence-electron chi connectivity index (χ2n) is 6.36. The maximum absolute atomic E-state index is 6.13. The minimum atomic E-state index is 0.0590. The molecule has 1 spiro atoms. The molecule has 3 heterocycles. The number of hydrogen-bond acceptors (Lipinski definition) is 5. The lowest BCUT2D eigenvalue weighted by Gasteiger charge is -2.46. The van der Waals surface area contributed by atoms with Crippen molar-refractivity contribution in [1.82, 2.24) is 9.88 Å². The number of anilines is 1. The number of morpholine rings is 1. The van der Waals surface area contributed by atoms with E-state index in [9.17, 15) is 0 Å². The molecule has 0 N–H and O–H groups in total. The molecule has 2 saturated heterocycles. The molecule has 2 aromatic rings. The fourth-order valence-electron chi connectivity index (χ4n) is 3.46. The highest BCUT2D eigenvalue weighted by atomic mass is 35.5. The molecule has 6 heteroatoms. The maximum Gasteiger partial charge on any atom is 0.186 e. The van der Waals surface area contributed by atoms with E-state index in [1.807, 2.05) is 18.2 Å². The van der Waals surface area contributed by atoms with Crippen LogP contribution in [0.15, 0.2) is 18.2 Å². The Balaban J connectivity index is 1.50. The van der Waals surface area contributed by atoms with E-state index in [0.29, 0.717) is 0 Å². The molecular weight excluding hydrogens is 318 g/mol. The summed E-state index contributed by atoms with van der Waals surface area (Å²) in [5.74, 6) is 0. The van der Waals surface area contributed by atoms with Crippen molar-refractivity contribution in [2.45, 2.75) is 18.4 Å². The Morgan fingerprint density at radius 1 is 1.27 bits per heavy atom. The van der Waals surface area contributed by atoms with Crippen molar-refractivity contribution in [2.75, 3.05) is 44.7 Å². The van der Waals surface area contributed by atoms with Crippen LogP contribution in [0.4, 0.5) is 5.13 Å². The van der Waals surface area contributed by atoms with Gasteiger partial charge in [0.25, 0.3) is 0 Å². The lowest BCUT2D eigenvalue weighted by Crippen LogP contribution is -2.56. The highest BCUT2D eigenvalue weighted by Gasteiger charge is 2.39. The zero-order valence-electron chi connectivity index (χ0n) is 12.7. The number of aromatic nitrogens is 1. The zero-order chi connectivity index (χ0) is 15.2. The molecule has 0 bridgehead atoms. The summed E-state index contributed by atoms with van der Waals surface area (Å²) in [7, 11) is 2.19. The number of thiazole rings is 1. The standard InChI is InChI=1S/C16H20ClN3OS/c1-19-8-9-21-16(11-19)4-6-20(7-5-16)15-18-13-3-2-12(17)10-14(13)22-15/h2-3,10H,4-9,11H2,1H3. The number of likely N-dealkylation sites (N-methyl/N-ethyl adjacent to an activating group) is 1. The van der Waals surface area contributed by atoms with Crippen LogP contribution in [0.2, 0.25) is 5.02 Å². The van der Waals surface area contributed by atoms with E-state index in [4.69, 9.17) is 21.3 Å². The Labute approximate surface area is 139 Å². The molecule has 0 unspecified atom stereocenters. The Morgan fingerprint density at radius 2 is 2.09 bits per heavy atom. The molecule has 2 fully saturated rings. The highest BCUT2D eigenvalue weighted by Crippen LogP contribution is 2.35. The van der Waals surface area contributed by atoms with Crippen molar-refractivity contribution in [3.8, 4) is 0 Å². The zero-order valence-corrected chi connectivity index (χ0v) is 14.3. The van der Waals surface area contributed by atoms with Crippen LogP contribution in [0.1, 0.15) is 12.8 Å². The molecule has 22 heavy (non-hydrogen) atoms. The van der Waals surface area contributed by atoms with Gasteiger partial charge in [0, 0.05) is 31.2 Å². The van der Waals surface area contributed by atoms with E-state index in [0.717, 1.165) is 66.0 Å². The number of nitrogens with zero attached hydrogens (tertiary/aromatic N) is 3. The van der Waals surface area contributed by atoms with Gasteiger partial charge < -0.3 is 14.5 Å². The molecule has 4 rings (SSSR count). The molecule has 2 aliphatic rings. The molecule has 1 aromatic carbocycles. The van der Waals surface area contributed by atoms with Gasteiger partial charge in [0.15, 0.2) is 5.13 Å². The lowest BCUT2D eigenvalue weighted by molar-refractivity contribution is -0.115. The van der Waals surface area contributed by atoms with Crippen molar-refractivity contribution >= 4 is 38.3 Å². The van der Waals surface area contributed by atoms with E-state index in [2.05, 4.69) is 16.8 Å². The van der Waals surface area contributed by atoms with E-state index in [1.165, 1.54) is 0 Å². The van der Waals surface area contributed by atoms with Gasteiger partial charge in [0.2, 0.25) is 0 Å². The van der Waals surface area contributed by atoms with Crippen molar-refractivity contribution in [3.05, 3.63) is 23.2 Å². The normalized spacial score (nSPS) is 22.5. The van der Waals surface area contributed by atoms with Crippen LogP contribution in [0.25, 0.3) is 10.2 Å². The van der Waals surface area contributed by atoms with Gasteiger partial charge in [-0.25, -0.2) is 4.98 Å². The van der Waals surface area contributed by atoms with Gasteiger partial charge in [0.1, 0.15) is 0 Å². The summed E-state index contributed by atoms with van der Waals surface area (Å²) in [6.45, 7) is 4.99. The Morgan fingerprint density at radius 3 is 2.86 bits per heavy atom. The summed E-state index contributed by atoms with van der Waals surface area (Å²) in [6, 6.07) is 5.91. The third kappa shape index (κ3) is 2.71. The van der Waals surface area contributed by atoms with Gasteiger partial charge in [-0.2, -0.15) is 0 Å². The fourth-order valence-corrected chi connectivity index (χ4v) is 4.76. The first-order valence-corrected chi connectivity index (χ1v) is 8.97. The van der Waals surface area contributed by atoms with Gasteiger partial charge >= 0.3 is 0 Å². The largest absolute Gasteiger partial charge is 0.372 e. The summed E-state index contributed by atoms with van der Waals surface area (Å²) >= 11 is 7.80. The smallest absolute Gasteiger partial charge is 0.186 e. The van der Waals surface area contributed by atoms with Crippen LogP contribution in [0.3, 0.4) is 0 Å². The van der Waals surface area contributed by atoms with Crippen LogP contribution >= 0.6 is 22.9 Å². The quantitative estimate of drug-likeness (QED) is 0.798. The van der Waals surface area contributed by atoms with Crippen molar-refractivity contribution in [2.24, 2.45) is 0 Å². The molecule has 118 valence electrons. The van der Waals surface area contributed by atoms with E-state index in [1.54, 1.807) is 11.3 Å². The molecular formula is C16H20ClN3OS. The van der Waals surface area contributed by atoms with Gasteiger partial charge in [0.05, 0.1) is 22.4 Å². The summed E-state index contributed by atoms with van der Waals surface area (Å²) in [5.41, 5.74) is 1.10.